The molecular weight excluding hydrogens is 352 g/mol. The molecule has 0 amide bonds. The van der Waals surface area contributed by atoms with E-state index >= 15 is 0 Å². The monoisotopic (exact) mass is 375 g/mol. The number of aromatic nitrogens is 1. The number of rotatable bonds is 6. The van der Waals surface area contributed by atoms with Crippen molar-refractivity contribution in [3.05, 3.63) is 101 Å². The van der Waals surface area contributed by atoms with Crippen molar-refractivity contribution in [1.29, 1.82) is 0 Å². The molecule has 0 fully saturated rings. The van der Waals surface area contributed by atoms with Crippen LogP contribution in [0.1, 0.15) is 33.1 Å². The highest BCUT2D eigenvalue weighted by Gasteiger charge is 2.33. The fraction of sp³-hybridized carbons (Fsp3) is 0.174. The molecule has 4 heteroatoms. The van der Waals surface area contributed by atoms with Crippen molar-refractivity contribution in [2.75, 3.05) is 0 Å². The number of nitrogens with one attached hydrogen (secondary N) is 1. The normalized spacial score (nSPS) is 11.6. The van der Waals surface area contributed by atoms with Gasteiger partial charge in [0, 0.05) is 24.2 Å². The first-order valence-electron chi connectivity index (χ1n) is 8.95. The molecule has 27 heavy (non-hydrogen) atoms. The summed E-state index contributed by atoms with van der Waals surface area (Å²) in [5.41, 5.74) is 4.06. The number of nitrogens with zero attached hydrogens (tertiary/aromatic N) is 1. The maximum absolute atomic E-state index is 13.3. The summed E-state index contributed by atoms with van der Waals surface area (Å²) in [6.45, 7) is 4.64. The summed E-state index contributed by atoms with van der Waals surface area (Å²) in [4.78, 5) is 13.8. The van der Waals surface area contributed by atoms with Crippen LogP contribution in [-0.4, -0.2) is 10.8 Å². The van der Waals surface area contributed by atoms with Gasteiger partial charge in [-0.3, -0.25) is 4.79 Å². The molecule has 1 atom stereocenters. The van der Waals surface area contributed by atoms with E-state index in [0.717, 1.165) is 11.1 Å². The Morgan fingerprint density at radius 3 is 2.30 bits per heavy atom. The first-order valence-corrected chi connectivity index (χ1v) is 9.36. The average molecular weight is 376 g/mol. The van der Waals surface area contributed by atoms with E-state index in [1.165, 1.54) is 5.56 Å². The number of carbonyl (C=O) groups excluding carboxylic acids is 1. The number of thiocarbonyl (C=S) groups is 1. The molecule has 0 aliphatic heterocycles. The topological polar surface area (TPSA) is 33.0 Å². The number of carbonyl (C=O) groups is 1. The number of aryl methyl sites for hydroxylation is 2. The van der Waals surface area contributed by atoms with Gasteiger partial charge in [0.25, 0.3) is 6.04 Å². The molecular formula is C23H23N2OS+. The molecule has 0 bridgehead atoms. The van der Waals surface area contributed by atoms with Crippen molar-refractivity contribution in [2.45, 2.75) is 26.4 Å². The largest absolute Gasteiger partial charge is 0.370 e. The number of hydrogen-bond donors (Lipinski definition) is 1. The summed E-state index contributed by atoms with van der Waals surface area (Å²) < 4.78 is 1.86. The fourth-order valence-corrected chi connectivity index (χ4v) is 3.21. The van der Waals surface area contributed by atoms with Crippen LogP contribution in [0.3, 0.4) is 0 Å². The molecule has 0 spiro atoms. The van der Waals surface area contributed by atoms with E-state index in [0.29, 0.717) is 17.1 Å². The van der Waals surface area contributed by atoms with E-state index in [1.54, 1.807) is 0 Å². The quantitative estimate of drug-likeness (QED) is 0.399. The summed E-state index contributed by atoms with van der Waals surface area (Å²) in [5, 5.41) is 3.26. The third-order valence-corrected chi connectivity index (χ3v) is 5.00. The van der Waals surface area contributed by atoms with E-state index in [1.807, 2.05) is 97.5 Å². The highest BCUT2D eigenvalue weighted by atomic mass is 32.1. The Bertz CT molecular complexity index is 939. The zero-order valence-electron chi connectivity index (χ0n) is 15.6. The molecule has 1 heterocycles. The summed E-state index contributed by atoms with van der Waals surface area (Å²) in [7, 11) is 0. The number of benzene rings is 2. The smallest absolute Gasteiger partial charge is 0.270 e. The fourth-order valence-electron chi connectivity index (χ4n) is 2.91. The predicted molar refractivity (Wildman–Crippen MR) is 112 cm³/mol. The Morgan fingerprint density at radius 2 is 1.63 bits per heavy atom. The first-order chi connectivity index (χ1) is 13.1. The minimum absolute atomic E-state index is 0.0140. The number of ketones is 1. The van der Waals surface area contributed by atoms with E-state index in [2.05, 4.69) is 5.32 Å². The van der Waals surface area contributed by atoms with Gasteiger partial charge >= 0.3 is 0 Å². The van der Waals surface area contributed by atoms with Gasteiger partial charge < -0.3 is 5.32 Å². The van der Waals surface area contributed by atoms with Crippen LogP contribution >= 0.6 is 12.2 Å². The van der Waals surface area contributed by atoms with Gasteiger partial charge in [-0.1, -0.05) is 60.7 Å². The van der Waals surface area contributed by atoms with Crippen LogP contribution in [0.4, 0.5) is 0 Å². The van der Waals surface area contributed by atoms with Crippen molar-refractivity contribution in [3.8, 4) is 0 Å². The maximum Gasteiger partial charge on any atom is 0.270 e. The molecule has 3 rings (SSSR count). The molecule has 0 saturated heterocycles. The number of hydrogen-bond acceptors (Lipinski definition) is 2. The minimum Gasteiger partial charge on any atom is -0.370 e. The molecule has 0 unspecified atom stereocenters. The Labute approximate surface area is 165 Å². The summed E-state index contributed by atoms with van der Waals surface area (Å²) in [5.74, 6) is -0.0140. The lowest BCUT2D eigenvalue weighted by Crippen LogP contribution is -2.51. The molecule has 1 aromatic heterocycles. The van der Waals surface area contributed by atoms with Crippen LogP contribution in [0.15, 0.2) is 79.1 Å². The van der Waals surface area contributed by atoms with Crippen molar-refractivity contribution < 1.29 is 9.36 Å². The summed E-state index contributed by atoms with van der Waals surface area (Å²) in [6.07, 6.45) is 3.75. The molecule has 136 valence electrons. The van der Waals surface area contributed by atoms with Gasteiger partial charge in [-0.2, -0.15) is 4.57 Å². The highest BCUT2D eigenvalue weighted by Crippen LogP contribution is 2.15. The predicted octanol–water partition coefficient (Wildman–Crippen LogP) is 4.13. The van der Waals surface area contributed by atoms with Crippen molar-refractivity contribution in [1.82, 2.24) is 5.32 Å². The van der Waals surface area contributed by atoms with Crippen LogP contribution in [0.25, 0.3) is 0 Å². The zero-order valence-corrected chi connectivity index (χ0v) is 16.4. The van der Waals surface area contributed by atoms with Crippen LogP contribution in [0, 0.1) is 13.8 Å². The van der Waals surface area contributed by atoms with Crippen LogP contribution in [-0.2, 0) is 6.54 Å². The van der Waals surface area contributed by atoms with E-state index in [-0.39, 0.29) is 5.78 Å². The van der Waals surface area contributed by atoms with Crippen LogP contribution in [0.5, 0.6) is 0 Å². The van der Waals surface area contributed by atoms with E-state index < -0.39 is 6.04 Å². The Balaban J connectivity index is 1.87. The van der Waals surface area contributed by atoms with Gasteiger partial charge in [0.1, 0.15) is 0 Å². The van der Waals surface area contributed by atoms with Crippen molar-refractivity contribution in [2.24, 2.45) is 0 Å². The zero-order chi connectivity index (χ0) is 19.2. The van der Waals surface area contributed by atoms with Crippen LogP contribution < -0.4 is 9.88 Å². The lowest BCUT2D eigenvalue weighted by atomic mass is 9.99. The second-order valence-electron chi connectivity index (χ2n) is 6.59. The maximum atomic E-state index is 13.3. The molecule has 0 aliphatic rings. The van der Waals surface area contributed by atoms with E-state index in [9.17, 15) is 4.79 Å². The molecule has 3 nitrogen and oxygen atoms in total. The third-order valence-electron chi connectivity index (χ3n) is 4.63. The lowest BCUT2D eigenvalue weighted by molar-refractivity contribution is -0.692. The van der Waals surface area contributed by atoms with Crippen LogP contribution in [0.2, 0.25) is 0 Å². The van der Waals surface area contributed by atoms with Gasteiger partial charge in [0.2, 0.25) is 5.78 Å². The Kier molecular flexibility index (Phi) is 6.09. The second kappa shape index (κ2) is 8.69. The lowest BCUT2D eigenvalue weighted by Gasteiger charge is -2.15. The molecule has 3 aromatic rings. The van der Waals surface area contributed by atoms with Crippen molar-refractivity contribution >= 4 is 23.0 Å². The Hall–Kier alpha value is -2.85. The van der Waals surface area contributed by atoms with Gasteiger partial charge in [-0.15, -0.1) is 0 Å². The SMILES string of the molecule is Cc1ccc(C(=O)[C@@H](C(=S)NCc2ccccc2)[n+]2ccccc2)cc1C. The van der Waals surface area contributed by atoms with Gasteiger partial charge in [-0.05, 0) is 36.6 Å². The molecule has 1 N–H and O–H groups in total. The molecule has 0 saturated carbocycles. The average Bonchev–Trinajstić information content (AvgIpc) is 2.70. The van der Waals surface area contributed by atoms with Gasteiger partial charge in [0.15, 0.2) is 17.4 Å². The third kappa shape index (κ3) is 4.66. The van der Waals surface area contributed by atoms with Gasteiger partial charge in [0.05, 0.1) is 0 Å². The van der Waals surface area contributed by atoms with E-state index in [4.69, 9.17) is 12.2 Å². The molecule has 0 aliphatic carbocycles. The number of pyridine rings is 1. The highest BCUT2D eigenvalue weighted by molar-refractivity contribution is 7.80. The number of Topliss-reactive ketones (excluding diaryl/α,β-unsaturated/α-hetero) is 1. The van der Waals surface area contributed by atoms with Gasteiger partial charge in [-0.25, -0.2) is 0 Å². The summed E-state index contributed by atoms with van der Waals surface area (Å²) in [6, 6.07) is 21.0. The summed E-state index contributed by atoms with van der Waals surface area (Å²) >= 11 is 5.64. The first kappa shape index (κ1) is 18.9. The second-order valence-corrected chi connectivity index (χ2v) is 7.03. The molecule has 0 radical (unpaired) electrons. The minimum atomic E-state index is -0.577. The Morgan fingerprint density at radius 1 is 0.963 bits per heavy atom. The molecule has 2 aromatic carbocycles. The standard InChI is InChI=1S/C23H22N2OS/c1-17-11-12-20(15-18(17)2)22(26)21(25-13-7-4-8-14-25)23(27)24-16-19-9-5-3-6-10-19/h3-15,21H,16H2,1-2H3/p+1/t21-/m0/s1. The van der Waals surface area contributed by atoms with Crippen molar-refractivity contribution in [3.63, 3.8) is 0 Å².